The van der Waals surface area contributed by atoms with E-state index in [4.69, 9.17) is 5.11 Å². The number of aliphatic hydroxyl groups excluding tert-OH is 1. The van der Waals surface area contributed by atoms with Crippen LogP contribution in [0, 0.1) is 0 Å². The summed E-state index contributed by atoms with van der Waals surface area (Å²) in [6, 6.07) is 2.54. The number of nitrogens with one attached hydrogen (secondary N) is 1. The van der Waals surface area contributed by atoms with Crippen molar-refractivity contribution >= 4 is 11.3 Å². The van der Waals surface area contributed by atoms with Crippen molar-refractivity contribution in [3.05, 3.63) is 22.4 Å². The van der Waals surface area contributed by atoms with E-state index >= 15 is 0 Å². The summed E-state index contributed by atoms with van der Waals surface area (Å²) in [5.74, 6) is 0. The van der Waals surface area contributed by atoms with Gasteiger partial charge in [-0.05, 0) is 42.3 Å². The van der Waals surface area contributed by atoms with Gasteiger partial charge in [0.25, 0.3) is 0 Å². The van der Waals surface area contributed by atoms with Crippen molar-refractivity contribution in [3.8, 4) is 0 Å². The number of thiophene rings is 1. The number of likely N-dealkylation sites (N-methyl/N-ethyl adjacent to an activating group) is 1. The van der Waals surface area contributed by atoms with Crippen LogP contribution in [-0.4, -0.2) is 24.8 Å². The average molecular weight is 185 g/mol. The highest BCUT2D eigenvalue weighted by Gasteiger charge is 2.05. The van der Waals surface area contributed by atoms with Gasteiger partial charge in [-0.25, -0.2) is 0 Å². The molecule has 0 spiro atoms. The van der Waals surface area contributed by atoms with Crippen LogP contribution in [0.2, 0.25) is 0 Å². The molecule has 1 atom stereocenters. The summed E-state index contributed by atoms with van der Waals surface area (Å²) in [5, 5.41) is 16.2. The van der Waals surface area contributed by atoms with Crippen LogP contribution in [0.4, 0.5) is 0 Å². The molecule has 0 aliphatic carbocycles. The van der Waals surface area contributed by atoms with E-state index in [-0.39, 0.29) is 6.61 Å². The standard InChI is InChI=1S/C9H15NOS/c1-10-9(2-4-11)6-8-3-5-12-7-8/h3,5,7,9-11H,2,4,6H2,1H3/t9-/m1/s1. The van der Waals surface area contributed by atoms with Crippen LogP contribution in [0.15, 0.2) is 16.8 Å². The third-order valence-corrected chi connectivity index (χ3v) is 2.68. The van der Waals surface area contributed by atoms with E-state index in [9.17, 15) is 0 Å². The monoisotopic (exact) mass is 185 g/mol. The van der Waals surface area contributed by atoms with Crippen LogP contribution < -0.4 is 5.32 Å². The Morgan fingerprint density at radius 1 is 1.67 bits per heavy atom. The van der Waals surface area contributed by atoms with Crippen molar-refractivity contribution in [2.24, 2.45) is 0 Å². The summed E-state index contributed by atoms with van der Waals surface area (Å²) >= 11 is 1.72. The lowest BCUT2D eigenvalue weighted by Gasteiger charge is -2.13. The minimum Gasteiger partial charge on any atom is -0.396 e. The first-order valence-corrected chi connectivity index (χ1v) is 5.10. The van der Waals surface area contributed by atoms with Gasteiger partial charge in [-0.2, -0.15) is 11.3 Å². The maximum Gasteiger partial charge on any atom is 0.0445 e. The fourth-order valence-electron chi connectivity index (χ4n) is 1.20. The van der Waals surface area contributed by atoms with Gasteiger partial charge < -0.3 is 10.4 Å². The average Bonchev–Trinajstić information content (AvgIpc) is 2.56. The molecular weight excluding hydrogens is 170 g/mol. The highest BCUT2D eigenvalue weighted by Crippen LogP contribution is 2.09. The van der Waals surface area contributed by atoms with Gasteiger partial charge in [0.15, 0.2) is 0 Å². The molecule has 0 aliphatic rings. The Hall–Kier alpha value is -0.380. The molecule has 0 bridgehead atoms. The van der Waals surface area contributed by atoms with Gasteiger partial charge in [0.05, 0.1) is 0 Å². The molecule has 68 valence electrons. The normalized spacial score (nSPS) is 13.2. The van der Waals surface area contributed by atoms with E-state index in [1.54, 1.807) is 11.3 Å². The van der Waals surface area contributed by atoms with Crippen LogP contribution in [0.1, 0.15) is 12.0 Å². The Labute approximate surface area is 77.2 Å². The topological polar surface area (TPSA) is 32.3 Å². The second-order valence-electron chi connectivity index (χ2n) is 2.83. The van der Waals surface area contributed by atoms with Crippen molar-refractivity contribution in [3.63, 3.8) is 0 Å². The van der Waals surface area contributed by atoms with Gasteiger partial charge in [0, 0.05) is 12.6 Å². The molecule has 0 saturated carbocycles. The van der Waals surface area contributed by atoms with Gasteiger partial charge >= 0.3 is 0 Å². The number of hydrogen-bond donors (Lipinski definition) is 2. The predicted molar refractivity (Wildman–Crippen MR) is 52.6 cm³/mol. The zero-order valence-corrected chi connectivity index (χ0v) is 8.10. The largest absolute Gasteiger partial charge is 0.396 e. The molecule has 0 aromatic carbocycles. The highest BCUT2D eigenvalue weighted by atomic mass is 32.1. The van der Waals surface area contributed by atoms with Crippen LogP contribution in [0.25, 0.3) is 0 Å². The molecule has 3 heteroatoms. The molecule has 1 rings (SSSR count). The second-order valence-corrected chi connectivity index (χ2v) is 3.61. The van der Waals surface area contributed by atoms with Crippen molar-refractivity contribution in [2.75, 3.05) is 13.7 Å². The summed E-state index contributed by atoms with van der Waals surface area (Å²) in [5.41, 5.74) is 1.35. The molecule has 0 amide bonds. The Kier molecular flexibility index (Phi) is 4.29. The van der Waals surface area contributed by atoms with E-state index in [1.807, 2.05) is 7.05 Å². The van der Waals surface area contributed by atoms with Crippen LogP contribution in [0.3, 0.4) is 0 Å². The van der Waals surface area contributed by atoms with E-state index in [0.29, 0.717) is 6.04 Å². The Morgan fingerprint density at radius 3 is 3.00 bits per heavy atom. The molecule has 0 saturated heterocycles. The van der Waals surface area contributed by atoms with Crippen molar-refractivity contribution < 1.29 is 5.11 Å². The van der Waals surface area contributed by atoms with Crippen molar-refractivity contribution in [1.82, 2.24) is 5.32 Å². The summed E-state index contributed by atoms with van der Waals surface area (Å²) < 4.78 is 0. The molecule has 2 N–H and O–H groups in total. The summed E-state index contributed by atoms with van der Waals surface area (Å²) in [7, 11) is 1.94. The first kappa shape index (κ1) is 9.71. The van der Waals surface area contributed by atoms with Crippen molar-refractivity contribution in [1.29, 1.82) is 0 Å². The van der Waals surface area contributed by atoms with Crippen LogP contribution in [-0.2, 0) is 6.42 Å². The predicted octanol–water partition coefficient (Wildman–Crippen LogP) is 1.26. The summed E-state index contributed by atoms with van der Waals surface area (Å²) in [6.07, 6.45) is 1.84. The fraction of sp³-hybridized carbons (Fsp3) is 0.556. The van der Waals surface area contributed by atoms with Gasteiger partial charge in [-0.15, -0.1) is 0 Å². The SMILES string of the molecule is CN[C@H](CCO)Cc1ccsc1. The number of aliphatic hydroxyl groups is 1. The van der Waals surface area contributed by atoms with Gasteiger partial charge in [0.1, 0.15) is 0 Å². The van der Waals surface area contributed by atoms with Crippen LogP contribution >= 0.6 is 11.3 Å². The lowest BCUT2D eigenvalue weighted by molar-refractivity contribution is 0.267. The molecule has 1 aromatic rings. The highest BCUT2D eigenvalue weighted by molar-refractivity contribution is 7.07. The minimum absolute atomic E-state index is 0.260. The maximum atomic E-state index is 8.76. The third-order valence-electron chi connectivity index (χ3n) is 1.95. The third kappa shape index (κ3) is 2.93. The maximum absolute atomic E-state index is 8.76. The molecule has 1 aromatic heterocycles. The molecule has 0 aliphatic heterocycles. The lowest BCUT2D eigenvalue weighted by Crippen LogP contribution is -2.28. The summed E-state index contributed by atoms with van der Waals surface area (Å²) in [6.45, 7) is 0.260. The van der Waals surface area contributed by atoms with Gasteiger partial charge in [-0.1, -0.05) is 0 Å². The van der Waals surface area contributed by atoms with E-state index < -0.39 is 0 Å². The first-order chi connectivity index (χ1) is 5.86. The molecule has 1 heterocycles. The smallest absolute Gasteiger partial charge is 0.0445 e. The minimum atomic E-state index is 0.260. The first-order valence-electron chi connectivity index (χ1n) is 4.16. The van der Waals surface area contributed by atoms with E-state index in [1.165, 1.54) is 5.56 Å². The zero-order valence-electron chi connectivity index (χ0n) is 7.29. The number of hydrogen-bond acceptors (Lipinski definition) is 3. The molecular formula is C9H15NOS. The van der Waals surface area contributed by atoms with E-state index in [0.717, 1.165) is 12.8 Å². The Bertz CT molecular complexity index is 198. The van der Waals surface area contributed by atoms with Gasteiger partial charge in [0.2, 0.25) is 0 Å². The van der Waals surface area contributed by atoms with Gasteiger partial charge in [-0.3, -0.25) is 0 Å². The second kappa shape index (κ2) is 5.30. The zero-order chi connectivity index (χ0) is 8.81. The molecule has 0 unspecified atom stereocenters. The molecule has 0 fully saturated rings. The quantitative estimate of drug-likeness (QED) is 0.724. The van der Waals surface area contributed by atoms with Crippen molar-refractivity contribution in [2.45, 2.75) is 18.9 Å². The molecule has 12 heavy (non-hydrogen) atoms. The molecule has 0 radical (unpaired) electrons. The van der Waals surface area contributed by atoms with E-state index in [2.05, 4.69) is 22.1 Å². The molecule has 2 nitrogen and oxygen atoms in total. The Balaban J connectivity index is 2.37. The fourth-order valence-corrected chi connectivity index (χ4v) is 1.88. The Morgan fingerprint density at radius 2 is 2.50 bits per heavy atom. The van der Waals surface area contributed by atoms with Crippen LogP contribution in [0.5, 0.6) is 0 Å². The lowest BCUT2D eigenvalue weighted by atomic mass is 10.1. The number of rotatable bonds is 5. The summed E-state index contributed by atoms with van der Waals surface area (Å²) in [4.78, 5) is 0.